The molecule has 26 heavy (non-hydrogen) atoms. The first-order chi connectivity index (χ1) is 12.3. The van der Waals surface area contributed by atoms with Crippen LogP contribution in [-0.2, 0) is 14.3 Å². The maximum absolute atomic E-state index is 10.6. The van der Waals surface area contributed by atoms with Gasteiger partial charge in [0.15, 0.2) is 0 Å². The molecule has 7 nitrogen and oxygen atoms in total. The molecule has 1 spiro atoms. The van der Waals surface area contributed by atoms with E-state index in [4.69, 9.17) is 19.4 Å². The molecular weight excluding hydrogens is 355 g/mol. The molecule has 2 fully saturated rings. The highest BCUT2D eigenvalue weighted by atomic mass is 19.4. The number of carbonyl (C=O) groups is 1. The molecule has 0 radical (unpaired) electrons. The molecule has 146 valence electrons. The number of aromatic nitrogens is 2. The Morgan fingerprint density at radius 3 is 2.46 bits per heavy atom. The van der Waals surface area contributed by atoms with E-state index in [0.717, 1.165) is 51.5 Å². The molecule has 0 bridgehead atoms. The predicted molar refractivity (Wildman–Crippen MR) is 85.9 cm³/mol. The quantitative estimate of drug-likeness (QED) is 0.865. The summed E-state index contributed by atoms with van der Waals surface area (Å²) >= 11 is 0. The Bertz CT molecular complexity index is 578. The van der Waals surface area contributed by atoms with Gasteiger partial charge in [-0.1, -0.05) is 0 Å². The summed E-state index contributed by atoms with van der Waals surface area (Å²) in [5.74, 6) is -1.93. The van der Waals surface area contributed by atoms with E-state index in [9.17, 15) is 13.2 Å². The van der Waals surface area contributed by atoms with Crippen LogP contribution in [0.3, 0.4) is 0 Å². The Labute approximate surface area is 149 Å². The van der Waals surface area contributed by atoms with Gasteiger partial charge in [0.25, 0.3) is 0 Å². The van der Waals surface area contributed by atoms with Crippen molar-refractivity contribution in [2.24, 2.45) is 0 Å². The molecule has 0 amide bonds. The fraction of sp³-hybridized carbons (Fsp3) is 0.688. The van der Waals surface area contributed by atoms with Crippen LogP contribution in [0, 0.1) is 0 Å². The average molecular weight is 377 g/mol. The molecule has 2 saturated heterocycles. The van der Waals surface area contributed by atoms with Gasteiger partial charge in [-0.15, -0.1) is 0 Å². The second-order valence-electron chi connectivity index (χ2n) is 6.11. The van der Waals surface area contributed by atoms with Crippen molar-refractivity contribution in [2.75, 3.05) is 31.2 Å². The van der Waals surface area contributed by atoms with Crippen LogP contribution in [-0.4, -0.2) is 65.2 Å². The van der Waals surface area contributed by atoms with Gasteiger partial charge in [-0.05, 0) is 25.8 Å². The molecule has 10 heteroatoms. The number of halogens is 3. The highest BCUT2D eigenvalue weighted by Gasteiger charge is 2.43. The molecule has 0 aromatic carbocycles. The second-order valence-corrected chi connectivity index (χ2v) is 6.11. The summed E-state index contributed by atoms with van der Waals surface area (Å²) in [5, 5.41) is 7.12. The SMILES string of the molecule is CCOC1COC2(CCN(c3ncccn3)CC2)C1.O=C(O)C(F)(F)F. The number of rotatable bonds is 3. The number of anilines is 1. The molecular formula is C16H22F3N3O4. The van der Waals surface area contributed by atoms with Gasteiger partial charge in [0.05, 0.1) is 18.3 Å². The first-order valence-electron chi connectivity index (χ1n) is 8.33. The van der Waals surface area contributed by atoms with Crippen molar-refractivity contribution < 1.29 is 32.5 Å². The molecule has 2 aliphatic rings. The third-order valence-corrected chi connectivity index (χ3v) is 4.33. The summed E-state index contributed by atoms with van der Waals surface area (Å²) in [6.07, 6.45) is 1.89. The minimum atomic E-state index is -5.08. The number of carboxylic acid groups (broad SMARTS) is 1. The molecule has 2 aliphatic heterocycles. The number of hydrogen-bond donors (Lipinski definition) is 1. The lowest BCUT2D eigenvalue weighted by atomic mass is 9.88. The maximum atomic E-state index is 10.6. The van der Waals surface area contributed by atoms with Crippen LogP contribution in [0.4, 0.5) is 19.1 Å². The van der Waals surface area contributed by atoms with Crippen molar-refractivity contribution in [3.05, 3.63) is 18.5 Å². The van der Waals surface area contributed by atoms with E-state index in [0.29, 0.717) is 0 Å². The fourth-order valence-electron chi connectivity index (χ4n) is 3.06. The van der Waals surface area contributed by atoms with Gasteiger partial charge in [0, 0.05) is 38.5 Å². The van der Waals surface area contributed by atoms with Crippen molar-refractivity contribution in [3.63, 3.8) is 0 Å². The zero-order chi connectivity index (χ0) is 19.2. The molecule has 0 saturated carbocycles. The smallest absolute Gasteiger partial charge is 0.475 e. The lowest BCUT2D eigenvalue weighted by Crippen LogP contribution is -2.45. The van der Waals surface area contributed by atoms with E-state index in [1.165, 1.54) is 0 Å². The van der Waals surface area contributed by atoms with Crippen molar-refractivity contribution in [1.29, 1.82) is 0 Å². The van der Waals surface area contributed by atoms with Gasteiger partial charge in [0.2, 0.25) is 5.95 Å². The molecule has 1 atom stereocenters. The number of alkyl halides is 3. The Hall–Kier alpha value is -1.94. The van der Waals surface area contributed by atoms with E-state index >= 15 is 0 Å². The lowest BCUT2D eigenvalue weighted by Gasteiger charge is -2.38. The van der Waals surface area contributed by atoms with Crippen LogP contribution in [0.2, 0.25) is 0 Å². The minimum Gasteiger partial charge on any atom is -0.475 e. The number of carboxylic acids is 1. The fourth-order valence-corrected chi connectivity index (χ4v) is 3.06. The second kappa shape index (κ2) is 8.63. The van der Waals surface area contributed by atoms with Gasteiger partial charge in [-0.2, -0.15) is 13.2 Å². The standard InChI is InChI=1S/C14H21N3O2.C2HF3O2/c1-2-18-12-10-14(19-11-12)4-8-17(9-5-14)13-15-6-3-7-16-13;3-2(4,5)1(6)7/h3,6-7,12H,2,4-5,8-11H2,1H3;(H,6,7). The number of ether oxygens (including phenoxy) is 2. The van der Waals surface area contributed by atoms with Crippen molar-refractivity contribution in [3.8, 4) is 0 Å². The van der Waals surface area contributed by atoms with E-state index in [2.05, 4.69) is 14.9 Å². The zero-order valence-electron chi connectivity index (χ0n) is 14.4. The highest BCUT2D eigenvalue weighted by molar-refractivity contribution is 5.73. The number of piperidine rings is 1. The predicted octanol–water partition coefficient (Wildman–Crippen LogP) is 2.27. The van der Waals surface area contributed by atoms with Gasteiger partial charge in [0.1, 0.15) is 0 Å². The van der Waals surface area contributed by atoms with Crippen LogP contribution in [0.15, 0.2) is 18.5 Å². The number of aliphatic carboxylic acids is 1. The summed E-state index contributed by atoms with van der Waals surface area (Å²) in [4.78, 5) is 19.8. The average Bonchev–Trinajstić information content (AvgIpc) is 2.99. The molecule has 1 N–H and O–H groups in total. The Balaban J connectivity index is 0.000000298. The molecule has 0 aliphatic carbocycles. The Morgan fingerprint density at radius 1 is 1.38 bits per heavy atom. The van der Waals surface area contributed by atoms with Crippen LogP contribution in [0.5, 0.6) is 0 Å². The van der Waals surface area contributed by atoms with Crippen LogP contribution in [0.25, 0.3) is 0 Å². The molecule has 1 aromatic rings. The first kappa shape index (κ1) is 20.4. The summed E-state index contributed by atoms with van der Waals surface area (Å²) < 4.78 is 43.5. The molecule has 1 aromatic heterocycles. The normalized spacial score (nSPS) is 22.0. The first-order valence-corrected chi connectivity index (χ1v) is 8.33. The zero-order valence-corrected chi connectivity index (χ0v) is 14.4. The molecule has 3 rings (SSSR count). The third kappa shape index (κ3) is 5.53. The van der Waals surface area contributed by atoms with E-state index in [1.54, 1.807) is 12.4 Å². The van der Waals surface area contributed by atoms with E-state index < -0.39 is 12.1 Å². The van der Waals surface area contributed by atoms with Crippen molar-refractivity contribution >= 4 is 11.9 Å². The number of hydrogen-bond acceptors (Lipinski definition) is 6. The minimum absolute atomic E-state index is 0.0329. The highest BCUT2D eigenvalue weighted by Crippen LogP contribution is 2.37. The largest absolute Gasteiger partial charge is 0.490 e. The van der Waals surface area contributed by atoms with Crippen LogP contribution < -0.4 is 4.90 Å². The third-order valence-electron chi connectivity index (χ3n) is 4.33. The monoisotopic (exact) mass is 377 g/mol. The van der Waals surface area contributed by atoms with E-state index in [-0.39, 0.29) is 11.7 Å². The topological polar surface area (TPSA) is 84.8 Å². The lowest BCUT2D eigenvalue weighted by molar-refractivity contribution is -0.192. The molecule has 1 unspecified atom stereocenters. The molecule has 3 heterocycles. The Morgan fingerprint density at radius 2 is 1.96 bits per heavy atom. The maximum Gasteiger partial charge on any atom is 0.490 e. The van der Waals surface area contributed by atoms with Crippen molar-refractivity contribution in [2.45, 2.75) is 44.1 Å². The Kier molecular flexibility index (Phi) is 6.76. The van der Waals surface area contributed by atoms with Crippen molar-refractivity contribution in [1.82, 2.24) is 9.97 Å². The summed E-state index contributed by atoms with van der Waals surface area (Å²) in [6, 6.07) is 1.85. The summed E-state index contributed by atoms with van der Waals surface area (Å²) in [7, 11) is 0. The van der Waals surface area contributed by atoms with Crippen LogP contribution in [0.1, 0.15) is 26.2 Å². The van der Waals surface area contributed by atoms with Gasteiger partial charge < -0.3 is 19.5 Å². The van der Waals surface area contributed by atoms with E-state index in [1.807, 2.05) is 13.0 Å². The number of nitrogens with zero attached hydrogens (tertiary/aromatic N) is 3. The van der Waals surface area contributed by atoms with Gasteiger partial charge in [-0.25, -0.2) is 14.8 Å². The van der Waals surface area contributed by atoms with Gasteiger partial charge in [-0.3, -0.25) is 0 Å². The summed E-state index contributed by atoms with van der Waals surface area (Å²) in [5.41, 5.74) is 0.0329. The van der Waals surface area contributed by atoms with Gasteiger partial charge >= 0.3 is 12.1 Å². The summed E-state index contributed by atoms with van der Waals surface area (Å²) in [6.45, 7) is 5.48. The van der Waals surface area contributed by atoms with Crippen LogP contribution >= 0.6 is 0 Å².